The molecule has 1 aliphatic rings. The molecule has 3 aromatic rings. The van der Waals surface area contributed by atoms with Crippen LogP contribution in [0.3, 0.4) is 0 Å². The van der Waals surface area contributed by atoms with Gasteiger partial charge in [-0.15, -0.1) is 0 Å². The molecule has 1 aromatic carbocycles. The highest BCUT2D eigenvalue weighted by molar-refractivity contribution is 7.52. The summed E-state index contributed by atoms with van der Waals surface area (Å²) in [6.45, 7) is 4.12. The zero-order valence-electron chi connectivity index (χ0n) is 20.3. The Kier molecular flexibility index (Phi) is 7.56. The highest BCUT2D eigenvalue weighted by atomic mass is 31.2. The van der Waals surface area contributed by atoms with Gasteiger partial charge in [0.2, 0.25) is 0 Å². The minimum absolute atomic E-state index is 0.0949. The topological polar surface area (TPSA) is 199 Å². The second-order valence-electron chi connectivity index (χ2n) is 9.24. The highest BCUT2D eigenvalue weighted by Crippen LogP contribution is 2.48. The van der Waals surface area contributed by atoms with Crippen LogP contribution in [-0.4, -0.2) is 61.7 Å². The summed E-state index contributed by atoms with van der Waals surface area (Å²) in [5.41, 5.74) is 4.81. The number of carboxylic acids is 1. The van der Waals surface area contributed by atoms with E-state index < -0.39 is 56.2 Å². The molecule has 14 heteroatoms. The van der Waals surface area contributed by atoms with E-state index in [1.54, 1.807) is 32.0 Å². The normalized spacial score (nSPS) is 26.3. The largest absolute Gasteiger partial charge is 0.480 e. The highest BCUT2D eigenvalue weighted by Gasteiger charge is 2.54. The minimum Gasteiger partial charge on any atom is -0.480 e. The number of aliphatic carboxylic acids is 1. The van der Waals surface area contributed by atoms with Crippen LogP contribution in [0.15, 0.2) is 47.3 Å². The number of anilines is 1. The Morgan fingerprint density at radius 3 is 2.65 bits per heavy atom. The van der Waals surface area contributed by atoms with E-state index >= 15 is 0 Å². The summed E-state index contributed by atoms with van der Waals surface area (Å²) in [5, 5.41) is 34.0. The van der Waals surface area contributed by atoms with Gasteiger partial charge in [0, 0.05) is 5.56 Å². The van der Waals surface area contributed by atoms with Crippen molar-refractivity contribution in [2.24, 2.45) is 5.92 Å². The predicted octanol–water partition coefficient (Wildman–Crippen LogP) is 2.26. The van der Waals surface area contributed by atoms with Gasteiger partial charge < -0.3 is 34.7 Å². The van der Waals surface area contributed by atoms with Crippen molar-refractivity contribution in [3.8, 4) is 5.75 Å². The summed E-state index contributed by atoms with van der Waals surface area (Å²) in [7, 11) is -4.31. The number of hydrogen-bond acceptors (Lipinski definition) is 11. The van der Waals surface area contributed by atoms with E-state index in [1.807, 2.05) is 0 Å². The van der Waals surface area contributed by atoms with Gasteiger partial charge in [-0.25, -0.2) is 14.5 Å². The molecule has 0 amide bonds. The maximum absolute atomic E-state index is 13.7. The van der Waals surface area contributed by atoms with Gasteiger partial charge in [0.25, 0.3) is 0 Å². The van der Waals surface area contributed by atoms with Crippen molar-refractivity contribution in [1.29, 1.82) is 0 Å². The number of nitrogen functional groups attached to an aromatic ring is 1. The molecule has 1 aliphatic heterocycles. The fourth-order valence-electron chi connectivity index (χ4n) is 4.05. The molecule has 4 rings (SSSR count). The van der Waals surface area contributed by atoms with Crippen molar-refractivity contribution in [2.45, 2.75) is 50.7 Å². The molecule has 0 radical (unpaired) electrons. The van der Waals surface area contributed by atoms with E-state index in [1.165, 1.54) is 31.6 Å². The van der Waals surface area contributed by atoms with Crippen LogP contribution in [0.2, 0.25) is 0 Å². The van der Waals surface area contributed by atoms with Crippen LogP contribution in [0.25, 0.3) is 11.1 Å². The smallest absolute Gasteiger partial charge is 0.459 e. The third kappa shape index (κ3) is 5.47. The van der Waals surface area contributed by atoms with Crippen molar-refractivity contribution >= 4 is 30.6 Å². The minimum atomic E-state index is -4.31. The fourth-order valence-corrected chi connectivity index (χ4v) is 5.72. The van der Waals surface area contributed by atoms with Gasteiger partial charge in [-0.1, -0.05) is 32.0 Å². The molecule has 6 atom stereocenters. The maximum atomic E-state index is 13.7. The Bertz CT molecular complexity index is 1300. The standard InChI is InChI=1S/C23H29N4O9P/c1-12(2)16(22(29)30)27-37(32,36-13-7-5-4-6-8-13)34-10-15-19(28)23(3,31)20(35-15)14-9-33-18-17(14)25-11-26-21(18)24/h4-9,11-12,15-16,19-20,28,31H,10H2,1-3H3,(H,27,32)(H,29,30)(H2,24,25,26). The zero-order chi connectivity index (χ0) is 27.0. The number of carboxylic acid groups (broad SMARTS) is 1. The van der Waals surface area contributed by atoms with E-state index in [2.05, 4.69) is 15.1 Å². The number of hydrogen-bond donors (Lipinski definition) is 5. The Morgan fingerprint density at radius 2 is 2.00 bits per heavy atom. The Hall–Kier alpha value is -3.06. The summed E-state index contributed by atoms with van der Waals surface area (Å²) >= 11 is 0. The summed E-state index contributed by atoms with van der Waals surface area (Å²) in [4.78, 5) is 19.8. The van der Waals surface area contributed by atoms with Crippen molar-refractivity contribution in [2.75, 3.05) is 12.3 Å². The summed E-state index contributed by atoms with van der Waals surface area (Å²) < 4.78 is 36.2. The number of nitrogens with zero attached hydrogens (tertiary/aromatic N) is 2. The van der Waals surface area contributed by atoms with Gasteiger partial charge in [0.15, 0.2) is 11.4 Å². The van der Waals surface area contributed by atoms with Crippen LogP contribution in [0.4, 0.5) is 5.82 Å². The number of fused-ring (bicyclic) bond motifs is 1. The molecule has 3 heterocycles. The van der Waals surface area contributed by atoms with Crippen LogP contribution in [0, 0.1) is 5.92 Å². The molecule has 2 aromatic heterocycles. The number of rotatable bonds is 10. The lowest BCUT2D eigenvalue weighted by Crippen LogP contribution is -2.44. The van der Waals surface area contributed by atoms with E-state index in [4.69, 9.17) is 23.9 Å². The first kappa shape index (κ1) is 27.0. The summed E-state index contributed by atoms with van der Waals surface area (Å²) in [6, 6.07) is 6.82. The molecule has 13 nitrogen and oxygen atoms in total. The molecule has 6 N–H and O–H groups in total. The lowest BCUT2D eigenvalue weighted by Gasteiger charge is -2.27. The number of aliphatic hydroxyl groups excluding tert-OH is 1. The van der Waals surface area contributed by atoms with E-state index in [9.17, 15) is 24.7 Å². The summed E-state index contributed by atoms with van der Waals surface area (Å²) in [5.74, 6) is -1.44. The van der Waals surface area contributed by atoms with Gasteiger partial charge in [-0.05, 0) is 25.0 Å². The van der Waals surface area contributed by atoms with Crippen LogP contribution >= 0.6 is 7.75 Å². The first-order valence-electron chi connectivity index (χ1n) is 11.5. The number of benzene rings is 1. The average molecular weight is 536 g/mol. The molecule has 1 fully saturated rings. The lowest BCUT2D eigenvalue weighted by atomic mass is 9.89. The molecule has 0 saturated carbocycles. The molecule has 1 saturated heterocycles. The number of nitrogens with one attached hydrogen (secondary N) is 1. The number of aliphatic hydroxyl groups is 2. The molecule has 0 bridgehead atoms. The molecule has 0 spiro atoms. The van der Waals surface area contributed by atoms with Crippen molar-refractivity contribution in [3.63, 3.8) is 0 Å². The third-order valence-corrected chi connectivity index (χ3v) is 7.63. The van der Waals surface area contributed by atoms with Gasteiger partial charge in [-0.3, -0.25) is 9.32 Å². The van der Waals surface area contributed by atoms with Crippen molar-refractivity contribution in [3.05, 3.63) is 48.5 Å². The predicted molar refractivity (Wildman–Crippen MR) is 130 cm³/mol. The zero-order valence-corrected chi connectivity index (χ0v) is 21.2. The first-order valence-corrected chi connectivity index (χ1v) is 13.0. The van der Waals surface area contributed by atoms with Crippen LogP contribution < -0.4 is 15.3 Å². The van der Waals surface area contributed by atoms with Gasteiger partial charge in [-0.2, -0.15) is 5.09 Å². The number of ether oxygens (including phenoxy) is 1. The number of furan rings is 1. The second-order valence-corrected chi connectivity index (χ2v) is 10.9. The SMILES string of the molecule is CC(C)C(NP(=O)(OCC1OC(c2coc3c(N)ncnc23)C(C)(O)C1O)Oc1ccccc1)C(=O)O. The molecule has 0 aliphatic carbocycles. The van der Waals surface area contributed by atoms with Crippen molar-refractivity contribution in [1.82, 2.24) is 15.1 Å². The molecule has 37 heavy (non-hydrogen) atoms. The van der Waals surface area contributed by atoms with E-state index in [0.717, 1.165) is 0 Å². The number of aromatic nitrogens is 2. The average Bonchev–Trinajstić information content (AvgIpc) is 3.36. The van der Waals surface area contributed by atoms with E-state index in [0.29, 0.717) is 11.1 Å². The van der Waals surface area contributed by atoms with Crippen LogP contribution in [-0.2, 0) is 18.6 Å². The molecule has 6 unspecified atom stereocenters. The van der Waals surface area contributed by atoms with E-state index in [-0.39, 0.29) is 17.2 Å². The fraction of sp³-hybridized carbons (Fsp3) is 0.435. The Morgan fingerprint density at radius 1 is 1.30 bits per heavy atom. The lowest BCUT2D eigenvalue weighted by molar-refractivity contribution is -0.140. The second kappa shape index (κ2) is 10.4. The number of carbonyl (C=O) groups is 1. The first-order chi connectivity index (χ1) is 17.4. The van der Waals surface area contributed by atoms with Gasteiger partial charge in [0.1, 0.15) is 47.5 Å². The van der Waals surface area contributed by atoms with Gasteiger partial charge >= 0.3 is 13.7 Å². The van der Waals surface area contributed by atoms with Crippen molar-refractivity contribution < 1.29 is 42.9 Å². The third-order valence-electron chi connectivity index (χ3n) is 6.09. The van der Waals surface area contributed by atoms with Gasteiger partial charge in [0.05, 0.1) is 12.9 Å². The van der Waals surface area contributed by atoms with Crippen LogP contribution in [0.1, 0.15) is 32.4 Å². The molecular weight excluding hydrogens is 507 g/mol. The monoisotopic (exact) mass is 536 g/mol. The maximum Gasteiger partial charge on any atom is 0.459 e. The Balaban J connectivity index is 1.57. The molecule has 200 valence electrons. The number of para-hydroxylation sites is 1. The quantitative estimate of drug-likeness (QED) is 0.237. The summed E-state index contributed by atoms with van der Waals surface area (Å²) in [6.07, 6.45) is -1.26. The number of nitrogens with two attached hydrogens (primary N) is 1. The molecular formula is C23H29N4O9P. The van der Waals surface area contributed by atoms with Crippen LogP contribution in [0.5, 0.6) is 5.75 Å². The Labute approximate surface area is 212 Å².